The molecular weight excluding hydrogens is 178 g/mol. The molecule has 0 aromatic heterocycles. The fourth-order valence-corrected chi connectivity index (χ4v) is 2.62. The maximum Gasteiger partial charge on any atom is 0.00932 e. The molecule has 0 aliphatic carbocycles. The van der Waals surface area contributed by atoms with Crippen LogP contribution >= 0.6 is 12.6 Å². The predicted octanol–water partition coefficient (Wildman–Crippen LogP) is 2.82. The molecule has 0 spiro atoms. The Morgan fingerprint density at radius 3 is 2.77 bits per heavy atom. The van der Waals surface area contributed by atoms with Crippen molar-refractivity contribution < 1.29 is 0 Å². The lowest BCUT2D eigenvalue weighted by atomic mass is 10.1. The summed E-state index contributed by atoms with van der Waals surface area (Å²) in [4.78, 5) is 2.67. The number of hydrogen-bond donors (Lipinski definition) is 1. The molecule has 1 aliphatic rings. The second-order valence-corrected chi connectivity index (χ2v) is 4.52. The van der Waals surface area contributed by atoms with Crippen molar-refractivity contribution in [3.63, 3.8) is 0 Å². The fourth-order valence-electron chi connectivity index (χ4n) is 2.25. The molecule has 0 N–H and O–H groups in total. The summed E-state index contributed by atoms with van der Waals surface area (Å²) in [6, 6.07) is 0.869. The van der Waals surface area contributed by atoms with Crippen LogP contribution in [0.5, 0.6) is 0 Å². The summed E-state index contributed by atoms with van der Waals surface area (Å²) >= 11 is 4.40. The fraction of sp³-hybridized carbons (Fsp3) is 1.00. The molecule has 2 heteroatoms. The van der Waals surface area contributed by atoms with Gasteiger partial charge in [0.05, 0.1) is 0 Å². The zero-order valence-corrected chi connectivity index (χ0v) is 9.89. The molecule has 13 heavy (non-hydrogen) atoms. The monoisotopic (exact) mass is 201 g/mol. The Bertz CT molecular complexity index is 134. The van der Waals surface area contributed by atoms with E-state index in [-0.39, 0.29) is 0 Å². The Labute approximate surface area is 88.3 Å². The zero-order valence-electron chi connectivity index (χ0n) is 9.00. The lowest BCUT2D eigenvalue weighted by molar-refractivity contribution is 0.215. The Balaban J connectivity index is 2.33. The van der Waals surface area contributed by atoms with Gasteiger partial charge in [0.1, 0.15) is 0 Å². The van der Waals surface area contributed by atoms with Crippen LogP contribution in [0, 0.1) is 5.92 Å². The molecule has 0 radical (unpaired) electrons. The second-order valence-electron chi connectivity index (χ2n) is 4.16. The third-order valence-corrected chi connectivity index (χ3v) is 3.81. The number of thiol groups is 1. The Hall–Kier alpha value is 0.310. The first-order valence-electron chi connectivity index (χ1n) is 5.66. The molecular formula is C11H23NS. The van der Waals surface area contributed by atoms with Crippen LogP contribution in [0.1, 0.15) is 39.5 Å². The topological polar surface area (TPSA) is 3.24 Å². The average Bonchev–Trinajstić information content (AvgIpc) is 2.61. The molecule has 2 unspecified atom stereocenters. The van der Waals surface area contributed by atoms with Crippen LogP contribution in [-0.2, 0) is 0 Å². The van der Waals surface area contributed by atoms with Gasteiger partial charge in [0.15, 0.2) is 0 Å². The highest BCUT2D eigenvalue weighted by atomic mass is 32.1. The normalized spacial score (nSPS) is 26.5. The molecule has 0 saturated carbocycles. The third-order valence-electron chi connectivity index (χ3n) is 3.30. The first-order chi connectivity index (χ1) is 6.31. The smallest absolute Gasteiger partial charge is 0.00932 e. The van der Waals surface area contributed by atoms with Crippen LogP contribution in [0.3, 0.4) is 0 Å². The Kier molecular flexibility index (Phi) is 5.18. The summed E-state index contributed by atoms with van der Waals surface area (Å²) in [6.07, 6.45) is 5.42. The zero-order chi connectivity index (χ0) is 9.68. The molecule has 0 aromatic rings. The van der Waals surface area contributed by atoms with Crippen molar-refractivity contribution in [3.8, 4) is 0 Å². The molecule has 1 saturated heterocycles. The van der Waals surface area contributed by atoms with E-state index < -0.39 is 0 Å². The van der Waals surface area contributed by atoms with Gasteiger partial charge < -0.3 is 4.90 Å². The molecule has 0 amide bonds. The van der Waals surface area contributed by atoms with Crippen molar-refractivity contribution in [2.75, 3.05) is 18.8 Å². The van der Waals surface area contributed by atoms with Crippen LogP contribution in [0.15, 0.2) is 0 Å². The highest BCUT2D eigenvalue weighted by Gasteiger charge is 2.24. The Morgan fingerprint density at radius 2 is 2.23 bits per heavy atom. The molecule has 1 fully saturated rings. The van der Waals surface area contributed by atoms with E-state index in [4.69, 9.17) is 0 Å². The SMILES string of the molecule is CCC(CS)CN1CCCC1CC. The minimum absolute atomic E-state index is 0.801. The molecule has 1 rings (SSSR count). The van der Waals surface area contributed by atoms with Crippen LogP contribution in [0.4, 0.5) is 0 Å². The van der Waals surface area contributed by atoms with Gasteiger partial charge in [-0.15, -0.1) is 0 Å². The van der Waals surface area contributed by atoms with Crippen molar-refractivity contribution in [1.82, 2.24) is 4.90 Å². The number of rotatable bonds is 5. The highest BCUT2D eigenvalue weighted by molar-refractivity contribution is 7.80. The summed E-state index contributed by atoms with van der Waals surface area (Å²) in [6.45, 7) is 7.18. The predicted molar refractivity (Wildman–Crippen MR) is 62.5 cm³/mol. The second kappa shape index (κ2) is 5.92. The van der Waals surface area contributed by atoms with Crippen molar-refractivity contribution in [3.05, 3.63) is 0 Å². The molecule has 0 bridgehead atoms. The van der Waals surface area contributed by atoms with Crippen molar-refractivity contribution >= 4 is 12.6 Å². The van der Waals surface area contributed by atoms with Crippen LogP contribution in [0.25, 0.3) is 0 Å². The van der Waals surface area contributed by atoms with Gasteiger partial charge in [0.2, 0.25) is 0 Å². The first kappa shape index (κ1) is 11.4. The third kappa shape index (κ3) is 3.17. The highest BCUT2D eigenvalue weighted by Crippen LogP contribution is 2.22. The van der Waals surface area contributed by atoms with Gasteiger partial charge in [-0.1, -0.05) is 20.3 Å². The molecule has 1 nitrogen and oxygen atoms in total. The van der Waals surface area contributed by atoms with Crippen molar-refractivity contribution in [2.24, 2.45) is 5.92 Å². The quantitative estimate of drug-likeness (QED) is 0.669. The van der Waals surface area contributed by atoms with Gasteiger partial charge >= 0.3 is 0 Å². The summed E-state index contributed by atoms with van der Waals surface area (Å²) < 4.78 is 0. The molecule has 0 aromatic carbocycles. The lowest BCUT2D eigenvalue weighted by Gasteiger charge is -2.27. The van der Waals surface area contributed by atoms with Crippen LogP contribution in [0.2, 0.25) is 0 Å². The maximum atomic E-state index is 4.40. The summed E-state index contributed by atoms with van der Waals surface area (Å²) in [5.41, 5.74) is 0. The summed E-state index contributed by atoms with van der Waals surface area (Å²) in [5.74, 6) is 1.85. The molecule has 1 aliphatic heterocycles. The minimum atomic E-state index is 0.801. The molecule has 2 atom stereocenters. The average molecular weight is 201 g/mol. The van der Waals surface area contributed by atoms with Crippen LogP contribution in [-0.4, -0.2) is 29.8 Å². The van der Waals surface area contributed by atoms with E-state index in [2.05, 4.69) is 31.4 Å². The largest absolute Gasteiger partial charge is 0.300 e. The van der Waals surface area contributed by atoms with E-state index in [1.54, 1.807) is 0 Å². The van der Waals surface area contributed by atoms with E-state index in [0.29, 0.717) is 0 Å². The van der Waals surface area contributed by atoms with Crippen LogP contribution < -0.4 is 0 Å². The van der Waals surface area contributed by atoms with Gasteiger partial charge in [-0.3, -0.25) is 0 Å². The number of nitrogens with zero attached hydrogens (tertiary/aromatic N) is 1. The van der Waals surface area contributed by atoms with Crippen molar-refractivity contribution in [1.29, 1.82) is 0 Å². The van der Waals surface area contributed by atoms with E-state index in [1.165, 1.54) is 38.8 Å². The van der Waals surface area contributed by atoms with E-state index in [9.17, 15) is 0 Å². The van der Waals surface area contributed by atoms with Gasteiger partial charge in [0, 0.05) is 12.6 Å². The van der Waals surface area contributed by atoms with E-state index >= 15 is 0 Å². The van der Waals surface area contributed by atoms with E-state index in [1.807, 2.05) is 0 Å². The Morgan fingerprint density at radius 1 is 1.46 bits per heavy atom. The number of likely N-dealkylation sites (tertiary alicyclic amines) is 1. The van der Waals surface area contributed by atoms with Crippen molar-refractivity contribution in [2.45, 2.75) is 45.6 Å². The first-order valence-corrected chi connectivity index (χ1v) is 6.29. The summed E-state index contributed by atoms with van der Waals surface area (Å²) in [7, 11) is 0. The standard InChI is InChI=1S/C11H23NS/c1-3-10(9-13)8-12-7-5-6-11(12)4-2/h10-11,13H,3-9H2,1-2H3. The van der Waals surface area contributed by atoms with Gasteiger partial charge in [-0.05, 0) is 37.5 Å². The van der Waals surface area contributed by atoms with Gasteiger partial charge in [-0.25, -0.2) is 0 Å². The maximum absolute atomic E-state index is 4.40. The lowest BCUT2D eigenvalue weighted by Crippen LogP contribution is -2.34. The number of hydrogen-bond acceptors (Lipinski definition) is 2. The minimum Gasteiger partial charge on any atom is -0.300 e. The van der Waals surface area contributed by atoms with Gasteiger partial charge in [-0.2, -0.15) is 12.6 Å². The molecule has 78 valence electrons. The molecule has 1 heterocycles. The van der Waals surface area contributed by atoms with E-state index in [0.717, 1.165) is 17.7 Å². The summed E-state index contributed by atoms with van der Waals surface area (Å²) in [5, 5.41) is 0. The van der Waals surface area contributed by atoms with Gasteiger partial charge in [0.25, 0.3) is 0 Å².